The second-order valence-corrected chi connectivity index (χ2v) is 8.35. The van der Waals surface area contributed by atoms with Gasteiger partial charge < -0.3 is 15.4 Å². The molecule has 5 rings (SSSR count). The molecule has 0 saturated carbocycles. The number of ether oxygens (including phenoxy) is 1. The average Bonchev–Trinajstić information content (AvgIpc) is 2.89. The second kappa shape index (κ2) is 10.4. The van der Waals surface area contributed by atoms with Crippen LogP contribution >= 0.6 is 11.6 Å². The Morgan fingerprint density at radius 1 is 0.829 bits per heavy atom. The first-order valence-electron chi connectivity index (χ1n) is 11.1. The van der Waals surface area contributed by atoms with Gasteiger partial charge in [-0.15, -0.1) is 0 Å². The van der Waals surface area contributed by atoms with Gasteiger partial charge in [0.2, 0.25) is 0 Å². The van der Waals surface area contributed by atoms with E-state index in [9.17, 15) is 4.39 Å². The van der Waals surface area contributed by atoms with Crippen molar-refractivity contribution in [2.24, 2.45) is 0 Å². The molecule has 5 nitrogen and oxygen atoms in total. The summed E-state index contributed by atoms with van der Waals surface area (Å²) < 4.78 is 19.6. The molecule has 1 aromatic heterocycles. The minimum Gasteiger partial charge on any atom is -0.489 e. The van der Waals surface area contributed by atoms with E-state index in [4.69, 9.17) is 16.3 Å². The van der Waals surface area contributed by atoms with E-state index in [1.807, 2.05) is 72.8 Å². The number of aromatic nitrogens is 2. The standard InChI is InChI=1S/C28H22ClFN4O/c29-24-15-22(10-12-25(24)30)34-28-23-14-21(11-13-26(23)32-18-33-28)31-16-20-8-4-5-9-27(20)35-17-19-6-2-1-3-7-19/h1-15,18,31H,16-17H2,(H,32,33,34). The molecular weight excluding hydrogens is 463 g/mol. The third kappa shape index (κ3) is 5.50. The number of benzene rings is 4. The maximum Gasteiger partial charge on any atom is 0.141 e. The Morgan fingerprint density at radius 2 is 1.63 bits per heavy atom. The molecule has 0 aliphatic rings. The SMILES string of the molecule is Fc1ccc(Nc2ncnc3ccc(NCc4ccccc4OCc4ccccc4)cc23)cc1Cl. The number of para-hydroxylation sites is 1. The maximum atomic E-state index is 13.5. The van der Waals surface area contributed by atoms with E-state index in [0.717, 1.165) is 33.5 Å². The molecule has 5 aromatic rings. The topological polar surface area (TPSA) is 59.1 Å². The lowest BCUT2D eigenvalue weighted by Crippen LogP contribution is -2.04. The van der Waals surface area contributed by atoms with Crippen LogP contribution in [0.5, 0.6) is 5.75 Å². The Labute approximate surface area is 207 Å². The fourth-order valence-corrected chi connectivity index (χ4v) is 3.88. The van der Waals surface area contributed by atoms with Crippen molar-refractivity contribution in [1.82, 2.24) is 9.97 Å². The Hall–Kier alpha value is -4.16. The largest absolute Gasteiger partial charge is 0.489 e. The molecule has 4 aromatic carbocycles. The van der Waals surface area contributed by atoms with Gasteiger partial charge >= 0.3 is 0 Å². The first-order valence-corrected chi connectivity index (χ1v) is 11.5. The predicted octanol–water partition coefficient (Wildman–Crippen LogP) is 7.36. The van der Waals surface area contributed by atoms with Crippen LogP contribution in [-0.4, -0.2) is 9.97 Å². The molecule has 7 heteroatoms. The van der Waals surface area contributed by atoms with E-state index in [0.29, 0.717) is 24.7 Å². The molecular formula is C28H22ClFN4O. The number of hydrogen-bond donors (Lipinski definition) is 2. The molecule has 0 spiro atoms. The summed E-state index contributed by atoms with van der Waals surface area (Å²) in [6.45, 7) is 1.09. The Morgan fingerprint density at radius 3 is 2.49 bits per heavy atom. The number of hydrogen-bond acceptors (Lipinski definition) is 5. The summed E-state index contributed by atoms with van der Waals surface area (Å²) >= 11 is 5.92. The van der Waals surface area contributed by atoms with Gasteiger partial charge in [-0.25, -0.2) is 14.4 Å². The predicted molar refractivity (Wildman–Crippen MR) is 139 cm³/mol. The molecule has 0 fully saturated rings. The van der Waals surface area contributed by atoms with Gasteiger partial charge in [-0.1, -0.05) is 60.1 Å². The van der Waals surface area contributed by atoms with E-state index in [1.54, 1.807) is 6.07 Å². The molecule has 2 N–H and O–H groups in total. The number of nitrogens with zero attached hydrogens (tertiary/aromatic N) is 2. The third-order valence-corrected chi connectivity index (χ3v) is 5.80. The fraction of sp³-hybridized carbons (Fsp3) is 0.0714. The molecule has 0 aliphatic heterocycles. The van der Waals surface area contributed by atoms with Crippen molar-refractivity contribution in [3.63, 3.8) is 0 Å². The lowest BCUT2D eigenvalue weighted by molar-refractivity contribution is 0.303. The van der Waals surface area contributed by atoms with Gasteiger partial charge in [0.05, 0.1) is 10.5 Å². The van der Waals surface area contributed by atoms with E-state index in [-0.39, 0.29) is 5.02 Å². The zero-order chi connectivity index (χ0) is 24.0. The Balaban J connectivity index is 1.33. The van der Waals surface area contributed by atoms with Gasteiger partial charge in [0.25, 0.3) is 0 Å². The van der Waals surface area contributed by atoms with Crippen LogP contribution in [0.4, 0.5) is 21.6 Å². The normalized spacial score (nSPS) is 10.8. The minimum absolute atomic E-state index is 0.0452. The highest BCUT2D eigenvalue weighted by Crippen LogP contribution is 2.28. The van der Waals surface area contributed by atoms with Crippen molar-refractivity contribution < 1.29 is 9.13 Å². The molecule has 0 aliphatic carbocycles. The molecule has 0 bridgehead atoms. The Bertz CT molecular complexity index is 1460. The number of nitrogens with one attached hydrogen (secondary N) is 2. The number of anilines is 3. The second-order valence-electron chi connectivity index (χ2n) is 7.94. The molecule has 35 heavy (non-hydrogen) atoms. The lowest BCUT2D eigenvalue weighted by Gasteiger charge is -2.14. The summed E-state index contributed by atoms with van der Waals surface area (Å²) in [5.41, 5.74) is 4.50. The fourth-order valence-electron chi connectivity index (χ4n) is 3.70. The first-order chi connectivity index (χ1) is 17.2. The Kier molecular flexibility index (Phi) is 6.73. The van der Waals surface area contributed by atoms with Crippen LogP contribution in [0.2, 0.25) is 5.02 Å². The summed E-state index contributed by atoms with van der Waals surface area (Å²) in [4.78, 5) is 8.73. The van der Waals surface area contributed by atoms with Crippen molar-refractivity contribution in [2.45, 2.75) is 13.2 Å². The van der Waals surface area contributed by atoms with Gasteiger partial charge in [0, 0.05) is 28.9 Å². The van der Waals surface area contributed by atoms with Gasteiger partial charge in [-0.2, -0.15) is 0 Å². The van der Waals surface area contributed by atoms with Crippen LogP contribution in [0.1, 0.15) is 11.1 Å². The van der Waals surface area contributed by atoms with Crippen LogP contribution < -0.4 is 15.4 Å². The van der Waals surface area contributed by atoms with Crippen molar-refractivity contribution in [3.8, 4) is 5.75 Å². The summed E-state index contributed by atoms with van der Waals surface area (Å²) in [7, 11) is 0. The summed E-state index contributed by atoms with van der Waals surface area (Å²) in [5.74, 6) is 0.973. The molecule has 0 saturated heterocycles. The third-order valence-electron chi connectivity index (χ3n) is 5.51. The summed E-state index contributed by atoms with van der Waals surface area (Å²) in [6, 6.07) is 28.4. The highest BCUT2D eigenvalue weighted by molar-refractivity contribution is 6.31. The first kappa shape index (κ1) is 22.6. The molecule has 1 heterocycles. The quantitative estimate of drug-likeness (QED) is 0.241. The summed E-state index contributed by atoms with van der Waals surface area (Å²) in [5, 5.41) is 7.54. The average molecular weight is 485 g/mol. The van der Waals surface area contributed by atoms with Crippen molar-refractivity contribution in [1.29, 1.82) is 0 Å². The number of rotatable bonds is 8. The smallest absolute Gasteiger partial charge is 0.141 e. The highest BCUT2D eigenvalue weighted by atomic mass is 35.5. The van der Waals surface area contributed by atoms with E-state index in [1.165, 1.54) is 18.5 Å². The van der Waals surface area contributed by atoms with E-state index >= 15 is 0 Å². The van der Waals surface area contributed by atoms with Crippen LogP contribution in [0.3, 0.4) is 0 Å². The zero-order valence-corrected chi connectivity index (χ0v) is 19.5. The van der Waals surface area contributed by atoms with Crippen molar-refractivity contribution in [2.75, 3.05) is 10.6 Å². The molecule has 174 valence electrons. The number of halogens is 2. The molecule has 0 unspecified atom stereocenters. The van der Waals surface area contributed by atoms with E-state index < -0.39 is 5.82 Å². The zero-order valence-electron chi connectivity index (χ0n) is 18.7. The van der Waals surface area contributed by atoms with Crippen LogP contribution in [0.25, 0.3) is 10.9 Å². The van der Waals surface area contributed by atoms with Gasteiger partial charge in [0.1, 0.15) is 30.3 Å². The van der Waals surface area contributed by atoms with Gasteiger partial charge in [-0.3, -0.25) is 0 Å². The lowest BCUT2D eigenvalue weighted by atomic mass is 10.1. The number of fused-ring (bicyclic) bond motifs is 1. The van der Waals surface area contributed by atoms with E-state index in [2.05, 4.69) is 20.6 Å². The monoisotopic (exact) mass is 484 g/mol. The van der Waals surface area contributed by atoms with Crippen LogP contribution in [0.15, 0.2) is 97.3 Å². The van der Waals surface area contributed by atoms with Crippen LogP contribution in [0, 0.1) is 5.82 Å². The summed E-state index contributed by atoms with van der Waals surface area (Å²) in [6.07, 6.45) is 1.49. The van der Waals surface area contributed by atoms with Crippen molar-refractivity contribution >= 4 is 39.7 Å². The highest BCUT2D eigenvalue weighted by Gasteiger charge is 2.09. The molecule has 0 amide bonds. The van der Waals surface area contributed by atoms with Crippen molar-refractivity contribution in [3.05, 3.63) is 119 Å². The van der Waals surface area contributed by atoms with Gasteiger partial charge in [-0.05, 0) is 48.0 Å². The van der Waals surface area contributed by atoms with Crippen LogP contribution in [-0.2, 0) is 13.2 Å². The van der Waals surface area contributed by atoms with Gasteiger partial charge in [0.15, 0.2) is 0 Å². The minimum atomic E-state index is -0.468. The maximum absolute atomic E-state index is 13.5. The molecule has 0 radical (unpaired) electrons. The molecule has 0 atom stereocenters.